The molecule has 1 aromatic carbocycles. The Labute approximate surface area is 109 Å². The number of benzene rings is 1. The van der Waals surface area contributed by atoms with E-state index in [1.807, 2.05) is 18.2 Å². The molecule has 1 aromatic rings. The Kier molecular flexibility index (Phi) is 3.91. The predicted octanol–water partition coefficient (Wildman–Crippen LogP) is 4.17. The zero-order chi connectivity index (χ0) is 10.8. The average molecular weight is 337 g/mol. The highest BCUT2D eigenvalue weighted by Crippen LogP contribution is 2.36. The number of rotatable bonds is 3. The van der Waals surface area contributed by atoms with E-state index in [0.29, 0.717) is 5.02 Å². The van der Waals surface area contributed by atoms with Gasteiger partial charge in [0.05, 0.1) is 6.10 Å². The fourth-order valence-corrected chi connectivity index (χ4v) is 2.82. The monoisotopic (exact) mass is 336 g/mol. The fourth-order valence-electron chi connectivity index (χ4n) is 1.94. The Hall–Kier alpha value is 0.200. The largest absolute Gasteiger partial charge is 0.388 e. The van der Waals surface area contributed by atoms with Gasteiger partial charge in [-0.1, -0.05) is 30.9 Å². The van der Waals surface area contributed by atoms with Crippen molar-refractivity contribution >= 4 is 34.2 Å². The van der Waals surface area contributed by atoms with E-state index in [4.69, 9.17) is 11.6 Å². The van der Waals surface area contributed by atoms with Gasteiger partial charge in [-0.25, -0.2) is 0 Å². The van der Waals surface area contributed by atoms with Crippen molar-refractivity contribution in [2.75, 3.05) is 0 Å². The van der Waals surface area contributed by atoms with Gasteiger partial charge in [0.15, 0.2) is 0 Å². The van der Waals surface area contributed by atoms with Crippen LogP contribution in [0, 0.1) is 9.49 Å². The van der Waals surface area contributed by atoms with Gasteiger partial charge in [0, 0.05) is 8.59 Å². The summed E-state index contributed by atoms with van der Waals surface area (Å²) in [6.07, 6.45) is 4.41. The Morgan fingerprint density at radius 1 is 1.47 bits per heavy atom. The van der Waals surface area contributed by atoms with E-state index < -0.39 is 0 Å². The zero-order valence-electron chi connectivity index (χ0n) is 8.42. The second-order valence-corrected chi connectivity index (χ2v) is 5.81. The standard InChI is InChI=1S/C12H14ClIO/c13-9-4-5-11(14)10(7-9)12(15)6-8-2-1-3-8/h4-5,7-8,12,15H,1-3,6H2. The van der Waals surface area contributed by atoms with E-state index >= 15 is 0 Å². The molecule has 0 heterocycles. The minimum atomic E-state index is -0.346. The Morgan fingerprint density at radius 3 is 2.80 bits per heavy atom. The Bertz CT molecular complexity index is 349. The molecule has 1 fully saturated rings. The summed E-state index contributed by atoms with van der Waals surface area (Å²) < 4.78 is 1.10. The molecule has 1 unspecified atom stereocenters. The zero-order valence-corrected chi connectivity index (χ0v) is 11.3. The smallest absolute Gasteiger partial charge is 0.0803 e. The summed E-state index contributed by atoms with van der Waals surface area (Å²) in [5, 5.41) is 10.8. The van der Waals surface area contributed by atoms with Crippen LogP contribution in [0.5, 0.6) is 0 Å². The highest BCUT2D eigenvalue weighted by atomic mass is 127. The van der Waals surface area contributed by atoms with Crippen LogP contribution in [0.25, 0.3) is 0 Å². The van der Waals surface area contributed by atoms with E-state index in [9.17, 15) is 5.11 Å². The molecule has 1 aliphatic carbocycles. The molecule has 0 amide bonds. The van der Waals surface area contributed by atoms with Crippen molar-refractivity contribution in [3.8, 4) is 0 Å². The van der Waals surface area contributed by atoms with Crippen LogP contribution < -0.4 is 0 Å². The second-order valence-electron chi connectivity index (χ2n) is 4.21. The summed E-state index contributed by atoms with van der Waals surface area (Å²) in [5.74, 6) is 0.717. The molecular weight excluding hydrogens is 322 g/mol. The molecule has 0 saturated heterocycles. The summed E-state index contributed by atoms with van der Waals surface area (Å²) in [6, 6.07) is 5.71. The van der Waals surface area contributed by atoms with Gasteiger partial charge in [-0.3, -0.25) is 0 Å². The fraction of sp³-hybridized carbons (Fsp3) is 0.500. The average Bonchev–Trinajstić information content (AvgIpc) is 2.15. The minimum Gasteiger partial charge on any atom is -0.388 e. The number of aliphatic hydroxyl groups is 1. The molecule has 1 atom stereocenters. The van der Waals surface area contributed by atoms with E-state index in [1.165, 1.54) is 19.3 Å². The molecule has 0 radical (unpaired) electrons. The van der Waals surface area contributed by atoms with E-state index in [2.05, 4.69) is 22.6 Å². The van der Waals surface area contributed by atoms with Crippen molar-refractivity contribution in [3.63, 3.8) is 0 Å². The molecular formula is C12H14ClIO. The third-order valence-electron chi connectivity index (χ3n) is 3.10. The molecule has 0 aromatic heterocycles. The van der Waals surface area contributed by atoms with Crippen molar-refractivity contribution in [2.24, 2.45) is 5.92 Å². The first-order chi connectivity index (χ1) is 7.16. The maximum atomic E-state index is 10.1. The molecule has 1 aliphatic rings. The Morgan fingerprint density at radius 2 is 2.20 bits per heavy atom. The number of hydrogen-bond donors (Lipinski definition) is 1. The maximum Gasteiger partial charge on any atom is 0.0803 e. The van der Waals surface area contributed by atoms with Crippen LogP contribution in [-0.4, -0.2) is 5.11 Å². The van der Waals surface area contributed by atoms with Crippen molar-refractivity contribution < 1.29 is 5.11 Å². The molecule has 1 nitrogen and oxygen atoms in total. The van der Waals surface area contributed by atoms with Gasteiger partial charge in [0.1, 0.15) is 0 Å². The van der Waals surface area contributed by atoms with Crippen molar-refractivity contribution in [1.82, 2.24) is 0 Å². The Balaban J connectivity index is 2.09. The summed E-state index contributed by atoms with van der Waals surface area (Å²) in [4.78, 5) is 0. The molecule has 15 heavy (non-hydrogen) atoms. The summed E-state index contributed by atoms with van der Waals surface area (Å²) in [5.41, 5.74) is 0.981. The van der Waals surface area contributed by atoms with Crippen LogP contribution in [0.2, 0.25) is 5.02 Å². The lowest BCUT2D eigenvalue weighted by molar-refractivity contribution is 0.118. The van der Waals surface area contributed by atoms with E-state index in [-0.39, 0.29) is 6.10 Å². The molecule has 0 spiro atoms. The first-order valence-corrected chi connectivity index (χ1v) is 6.75. The lowest BCUT2D eigenvalue weighted by atomic mass is 9.80. The van der Waals surface area contributed by atoms with Gasteiger partial charge in [-0.2, -0.15) is 0 Å². The lowest BCUT2D eigenvalue weighted by Crippen LogP contribution is -2.15. The van der Waals surface area contributed by atoms with Crippen LogP contribution in [-0.2, 0) is 0 Å². The molecule has 1 saturated carbocycles. The van der Waals surface area contributed by atoms with E-state index in [0.717, 1.165) is 21.5 Å². The first-order valence-electron chi connectivity index (χ1n) is 5.30. The van der Waals surface area contributed by atoms with Crippen LogP contribution in [0.4, 0.5) is 0 Å². The molecule has 0 bridgehead atoms. The van der Waals surface area contributed by atoms with Gasteiger partial charge in [0.25, 0.3) is 0 Å². The second kappa shape index (κ2) is 5.02. The molecule has 0 aliphatic heterocycles. The molecule has 1 N–H and O–H groups in total. The summed E-state index contributed by atoms with van der Waals surface area (Å²) >= 11 is 8.18. The van der Waals surface area contributed by atoms with Crippen LogP contribution in [0.15, 0.2) is 18.2 Å². The van der Waals surface area contributed by atoms with Crippen molar-refractivity contribution in [2.45, 2.75) is 31.8 Å². The molecule has 2 rings (SSSR count). The van der Waals surface area contributed by atoms with Crippen molar-refractivity contribution in [1.29, 1.82) is 0 Å². The van der Waals surface area contributed by atoms with Gasteiger partial charge in [-0.05, 0) is 58.7 Å². The predicted molar refractivity (Wildman–Crippen MR) is 71.1 cm³/mol. The van der Waals surface area contributed by atoms with Gasteiger partial charge in [0.2, 0.25) is 0 Å². The van der Waals surface area contributed by atoms with Crippen LogP contribution in [0.3, 0.4) is 0 Å². The van der Waals surface area contributed by atoms with Crippen LogP contribution in [0.1, 0.15) is 37.4 Å². The van der Waals surface area contributed by atoms with Gasteiger partial charge >= 0.3 is 0 Å². The third kappa shape index (κ3) is 2.86. The van der Waals surface area contributed by atoms with Gasteiger partial charge < -0.3 is 5.11 Å². The highest BCUT2D eigenvalue weighted by molar-refractivity contribution is 14.1. The third-order valence-corrected chi connectivity index (χ3v) is 4.32. The van der Waals surface area contributed by atoms with Gasteiger partial charge in [-0.15, -0.1) is 0 Å². The number of hydrogen-bond acceptors (Lipinski definition) is 1. The van der Waals surface area contributed by atoms with Crippen LogP contribution >= 0.6 is 34.2 Å². The lowest BCUT2D eigenvalue weighted by Gasteiger charge is -2.28. The normalized spacial score (nSPS) is 18.6. The maximum absolute atomic E-state index is 10.1. The topological polar surface area (TPSA) is 20.2 Å². The SMILES string of the molecule is OC(CC1CCC1)c1cc(Cl)ccc1I. The van der Waals surface area contributed by atoms with E-state index in [1.54, 1.807) is 0 Å². The number of halogens is 2. The number of aliphatic hydroxyl groups excluding tert-OH is 1. The summed E-state index contributed by atoms with van der Waals surface area (Å²) in [6.45, 7) is 0. The van der Waals surface area contributed by atoms with Crippen molar-refractivity contribution in [3.05, 3.63) is 32.4 Å². The highest BCUT2D eigenvalue weighted by Gasteiger charge is 2.22. The first kappa shape index (κ1) is 11.7. The summed E-state index contributed by atoms with van der Waals surface area (Å²) in [7, 11) is 0. The molecule has 3 heteroatoms. The quantitative estimate of drug-likeness (QED) is 0.822. The minimum absolute atomic E-state index is 0.346. The molecule has 82 valence electrons.